The molecular weight excluding hydrogens is 328 g/mol. The number of carboxylic acids is 1. The number of hydrogen-bond acceptors (Lipinski definition) is 5. The van der Waals surface area contributed by atoms with Crippen molar-refractivity contribution in [1.82, 2.24) is 30.2 Å². The van der Waals surface area contributed by atoms with Crippen molar-refractivity contribution in [3.63, 3.8) is 0 Å². The second-order valence-corrected chi connectivity index (χ2v) is 5.50. The first-order valence-corrected chi connectivity index (χ1v) is 7.64. The smallest absolute Gasteiger partial charge is 0.328 e. The van der Waals surface area contributed by atoms with E-state index in [2.05, 4.69) is 20.8 Å². The Morgan fingerprint density at radius 1 is 1.16 bits per heavy atom. The van der Waals surface area contributed by atoms with Gasteiger partial charge in [0, 0.05) is 32.0 Å². The third-order valence-corrected chi connectivity index (χ3v) is 3.64. The molecule has 2 aromatic heterocycles. The van der Waals surface area contributed by atoms with E-state index in [-0.39, 0.29) is 24.7 Å². The van der Waals surface area contributed by atoms with E-state index in [1.54, 1.807) is 17.8 Å². The van der Waals surface area contributed by atoms with Gasteiger partial charge in [-0.05, 0) is 26.0 Å². The first kappa shape index (κ1) is 18.2. The number of rotatable bonds is 7. The summed E-state index contributed by atoms with van der Waals surface area (Å²) in [5.41, 5.74) is 1.29. The van der Waals surface area contributed by atoms with Gasteiger partial charge in [0.05, 0.1) is 0 Å². The van der Waals surface area contributed by atoms with Crippen LogP contribution in [0.2, 0.25) is 0 Å². The van der Waals surface area contributed by atoms with Crippen molar-refractivity contribution >= 4 is 17.8 Å². The molecule has 0 fully saturated rings. The van der Waals surface area contributed by atoms with Crippen LogP contribution in [0.4, 0.5) is 0 Å². The molecule has 0 bridgehead atoms. The first-order chi connectivity index (χ1) is 11.8. The standard InChI is InChI=1S/C15H20N6O4/c1-9-8-12(18-20(9)3)14(23)17-6-5-16-13(22)11-4-7-21(19-11)10(2)15(24)25/h4,7-8,10H,5-6H2,1-3H3,(H,16,22)(H,17,23)(H,24,25). The lowest BCUT2D eigenvalue weighted by Gasteiger charge is -2.06. The number of aromatic nitrogens is 4. The molecule has 2 amide bonds. The van der Waals surface area contributed by atoms with Gasteiger partial charge in [-0.1, -0.05) is 0 Å². The zero-order valence-electron chi connectivity index (χ0n) is 14.2. The molecule has 0 saturated carbocycles. The first-order valence-electron chi connectivity index (χ1n) is 7.64. The highest BCUT2D eigenvalue weighted by molar-refractivity contribution is 5.93. The fourth-order valence-electron chi connectivity index (χ4n) is 1.99. The maximum absolute atomic E-state index is 12.0. The zero-order chi connectivity index (χ0) is 18.6. The van der Waals surface area contributed by atoms with E-state index in [0.717, 1.165) is 5.69 Å². The lowest BCUT2D eigenvalue weighted by Crippen LogP contribution is -2.35. The maximum Gasteiger partial charge on any atom is 0.328 e. The van der Waals surface area contributed by atoms with Crippen molar-refractivity contribution in [1.29, 1.82) is 0 Å². The molecule has 0 spiro atoms. The Kier molecular flexibility index (Phi) is 5.52. The Balaban J connectivity index is 1.79. The van der Waals surface area contributed by atoms with Crippen molar-refractivity contribution in [2.75, 3.05) is 13.1 Å². The van der Waals surface area contributed by atoms with Gasteiger partial charge < -0.3 is 15.7 Å². The molecule has 2 rings (SSSR count). The number of carbonyl (C=O) groups is 3. The third kappa shape index (κ3) is 4.43. The Bertz CT molecular complexity index is 774. The van der Waals surface area contributed by atoms with Gasteiger partial charge in [0.2, 0.25) is 0 Å². The molecule has 0 saturated heterocycles. The molecule has 3 N–H and O–H groups in total. The van der Waals surface area contributed by atoms with Gasteiger partial charge in [-0.2, -0.15) is 10.2 Å². The van der Waals surface area contributed by atoms with Gasteiger partial charge in [0.15, 0.2) is 0 Å². The Morgan fingerprint density at radius 3 is 2.28 bits per heavy atom. The van der Waals surface area contributed by atoms with E-state index in [1.807, 2.05) is 6.92 Å². The quantitative estimate of drug-likeness (QED) is 0.590. The van der Waals surface area contributed by atoms with Crippen LogP contribution in [0, 0.1) is 6.92 Å². The van der Waals surface area contributed by atoms with Crippen LogP contribution < -0.4 is 10.6 Å². The summed E-state index contributed by atoms with van der Waals surface area (Å²) in [6, 6.07) is 2.25. The molecule has 2 aromatic rings. The van der Waals surface area contributed by atoms with Gasteiger partial charge >= 0.3 is 5.97 Å². The lowest BCUT2D eigenvalue weighted by molar-refractivity contribution is -0.140. The second-order valence-electron chi connectivity index (χ2n) is 5.50. The molecule has 0 aliphatic carbocycles. The topological polar surface area (TPSA) is 131 Å². The number of carboxylic acid groups (broad SMARTS) is 1. The molecular formula is C15H20N6O4. The van der Waals surface area contributed by atoms with E-state index >= 15 is 0 Å². The van der Waals surface area contributed by atoms with Crippen molar-refractivity contribution in [2.24, 2.45) is 7.05 Å². The van der Waals surface area contributed by atoms with Crippen LogP contribution in [0.1, 0.15) is 39.6 Å². The monoisotopic (exact) mass is 348 g/mol. The van der Waals surface area contributed by atoms with Gasteiger partial charge in [-0.15, -0.1) is 0 Å². The van der Waals surface area contributed by atoms with E-state index in [1.165, 1.54) is 23.9 Å². The van der Waals surface area contributed by atoms with Gasteiger partial charge in [-0.25, -0.2) is 4.79 Å². The number of carbonyl (C=O) groups excluding carboxylic acids is 2. The fraction of sp³-hybridized carbons (Fsp3) is 0.400. The van der Waals surface area contributed by atoms with Crippen LogP contribution in [0.15, 0.2) is 18.3 Å². The van der Waals surface area contributed by atoms with Crippen molar-refractivity contribution in [3.8, 4) is 0 Å². The summed E-state index contributed by atoms with van der Waals surface area (Å²) in [5, 5.41) is 22.2. The van der Waals surface area contributed by atoms with E-state index < -0.39 is 17.9 Å². The second kappa shape index (κ2) is 7.60. The van der Waals surface area contributed by atoms with E-state index in [0.29, 0.717) is 5.69 Å². The lowest BCUT2D eigenvalue weighted by atomic mass is 10.3. The highest BCUT2D eigenvalue weighted by atomic mass is 16.4. The molecule has 0 radical (unpaired) electrons. The summed E-state index contributed by atoms with van der Waals surface area (Å²) < 4.78 is 2.80. The van der Waals surface area contributed by atoms with Crippen LogP contribution >= 0.6 is 0 Å². The third-order valence-electron chi connectivity index (χ3n) is 3.64. The normalized spacial score (nSPS) is 11.8. The number of nitrogens with one attached hydrogen (secondary N) is 2. The summed E-state index contributed by atoms with van der Waals surface area (Å²) in [6.45, 7) is 3.74. The largest absolute Gasteiger partial charge is 0.480 e. The fourth-order valence-corrected chi connectivity index (χ4v) is 1.99. The van der Waals surface area contributed by atoms with Crippen molar-refractivity contribution in [2.45, 2.75) is 19.9 Å². The summed E-state index contributed by atoms with van der Waals surface area (Å²) in [6.07, 6.45) is 1.43. The molecule has 2 heterocycles. The predicted octanol–water partition coefficient (Wildman–Crippen LogP) is -0.270. The molecule has 10 heteroatoms. The molecule has 0 aliphatic heterocycles. The number of aliphatic carboxylic acids is 1. The Hall–Kier alpha value is -3.17. The molecule has 1 atom stereocenters. The molecule has 0 aromatic carbocycles. The van der Waals surface area contributed by atoms with Crippen LogP contribution in [-0.2, 0) is 11.8 Å². The maximum atomic E-state index is 12.0. The molecule has 1 unspecified atom stereocenters. The highest BCUT2D eigenvalue weighted by Crippen LogP contribution is 2.05. The van der Waals surface area contributed by atoms with Crippen LogP contribution in [-0.4, -0.2) is 55.5 Å². The molecule has 134 valence electrons. The molecule has 10 nitrogen and oxygen atoms in total. The minimum absolute atomic E-state index is 0.111. The van der Waals surface area contributed by atoms with Gasteiger partial charge in [0.25, 0.3) is 11.8 Å². The summed E-state index contributed by atoms with van der Waals surface area (Å²) in [7, 11) is 1.75. The number of hydrogen-bond donors (Lipinski definition) is 3. The Labute approximate surface area is 143 Å². The van der Waals surface area contributed by atoms with Crippen molar-refractivity contribution in [3.05, 3.63) is 35.4 Å². The number of aryl methyl sites for hydroxylation is 2. The minimum Gasteiger partial charge on any atom is -0.480 e. The van der Waals surface area contributed by atoms with Crippen LogP contribution in [0.3, 0.4) is 0 Å². The summed E-state index contributed by atoms with van der Waals surface area (Å²) in [5.74, 6) is -1.81. The van der Waals surface area contributed by atoms with E-state index in [4.69, 9.17) is 5.11 Å². The number of amides is 2. The average molecular weight is 348 g/mol. The zero-order valence-corrected chi connectivity index (χ0v) is 14.2. The van der Waals surface area contributed by atoms with E-state index in [9.17, 15) is 14.4 Å². The Morgan fingerprint density at radius 2 is 1.76 bits per heavy atom. The molecule has 25 heavy (non-hydrogen) atoms. The van der Waals surface area contributed by atoms with Crippen molar-refractivity contribution < 1.29 is 19.5 Å². The van der Waals surface area contributed by atoms with Gasteiger partial charge in [-0.3, -0.25) is 19.0 Å². The highest BCUT2D eigenvalue weighted by Gasteiger charge is 2.17. The van der Waals surface area contributed by atoms with Crippen LogP contribution in [0.25, 0.3) is 0 Å². The SMILES string of the molecule is Cc1cc(C(=O)NCCNC(=O)c2ccn(C(C)C(=O)O)n2)nn1C. The summed E-state index contributed by atoms with van der Waals surface area (Å²) >= 11 is 0. The average Bonchev–Trinajstić information content (AvgIpc) is 3.18. The minimum atomic E-state index is -1.04. The van der Waals surface area contributed by atoms with Gasteiger partial charge in [0.1, 0.15) is 17.4 Å². The summed E-state index contributed by atoms with van der Waals surface area (Å²) in [4.78, 5) is 34.7. The van der Waals surface area contributed by atoms with Crippen LogP contribution in [0.5, 0.6) is 0 Å². The molecule has 0 aliphatic rings. The number of nitrogens with zero attached hydrogens (tertiary/aromatic N) is 4. The predicted molar refractivity (Wildman–Crippen MR) is 87.2 cm³/mol.